The molecular formula is C14H21NOS. The highest BCUT2D eigenvalue weighted by Crippen LogP contribution is 2.26. The lowest BCUT2D eigenvalue weighted by molar-refractivity contribution is 0.0916. The molecule has 0 aliphatic carbocycles. The molecule has 0 heterocycles. The third-order valence-corrected chi connectivity index (χ3v) is 3.06. The topological polar surface area (TPSA) is 29.1 Å². The molecule has 1 aromatic rings. The van der Waals surface area contributed by atoms with Crippen LogP contribution in [-0.4, -0.2) is 16.7 Å². The highest BCUT2D eigenvalue weighted by molar-refractivity contribution is 8.00. The molecule has 0 unspecified atom stereocenters. The summed E-state index contributed by atoms with van der Waals surface area (Å²) >= 11 is 1.72. The Kier molecular flexibility index (Phi) is 4.63. The summed E-state index contributed by atoms with van der Waals surface area (Å²) in [5.41, 5.74) is 0.563. The van der Waals surface area contributed by atoms with Crippen LogP contribution in [0.2, 0.25) is 0 Å². The van der Waals surface area contributed by atoms with Crippen molar-refractivity contribution in [3.8, 4) is 0 Å². The van der Waals surface area contributed by atoms with E-state index >= 15 is 0 Å². The van der Waals surface area contributed by atoms with Crippen molar-refractivity contribution in [3.05, 3.63) is 29.8 Å². The average molecular weight is 251 g/mol. The second kappa shape index (κ2) is 5.58. The lowest BCUT2D eigenvalue weighted by atomic mass is 10.1. The first kappa shape index (κ1) is 14.1. The number of thioether (sulfide) groups is 1. The van der Waals surface area contributed by atoms with E-state index in [1.54, 1.807) is 11.8 Å². The maximum absolute atomic E-state index is 12.1. The Morgan fingerprint density at radius 1 is 1.24 bits per heavy atom. The Morgan fingerprint density at radius 3 is 2.35 bits per heavy atom. The summed E-state index contributed by atoms with van der Waals surface area (Å²) in [4.78, 5) is 13.2. The molecule has 0 spiro atoms. The van der Waals surface area contributed by atoms with Crippen molar-refractivity contribution in [1.82, 2.24) is 5.32 Å². The first-order chi connectivity index (χ1) is 7.79. The summed E-state index contributed by atoms with van der Waals surface area (Å²) in [5, 5.41) is 3.47. The zero-order valence-corrected chi connectivity index (χ0v) is 12.0. The van der Waals surface area contributed by atoms with E-state index in [0.717, 1.165) is 10.5 Å². The highest BCUT2D eigenvalue weighted by Gasteiger charge is 2.18. The lowest BCUT2D eigenvalue weighted by Gasteiger charge is -2.21. The van der Waals surface area contributed by atoms with Crippen LogP contribution in [0.4, 0.5) is 0 Å². The fourth-order valence-electron chi connectivity index (χ4n) is 1.42. The van der Waals surface area contributed by atoms with Gasteiger partial charge in [-0.25, -0.2) is 0 Å². The molecule has 0 radical (unpaired) electrons. The third-order valence-electron chi connectivity index (χ3n) is 1.98. The quantitative estimate of drug-likeness (QED) is 0.830. The van der Waals surface area contributed by atoms with Gasteiger partial charge in [-0.05, 0) is 32.9 Å². The molecule has 0 atom stereocenters. The summed E-state index contributed by atoms with van der Waals surface area (Å²) in [7, 11) is 0. The molecule has 0 aromatic heterocycles. The molecule has 0 aliphatic heterocycles. The number of rotatable bonds is 3. The predicted octanol–water partition coefficient (Wildman–Crippen LogP) is 3.72. The standard InChI is InChI=1S/C14H21NOS/c1-10(2)17-12-9-7-6-8-11(12)13(16)15-14(3,4)5/h6-10H,1-5H3,(H,15,16). The first-order valence-corrected chi connectivity index (χ1v) is 6.76. The molecule has 1 N–H and O–H groups in total. The molecule has 3 heteroatoms. The van der Waals surface area contributed by atoms with Gasteiger partial charge in [0.2, 0.25) is 0 Å². The molecule has 0 bridgehead atoms. The molecular weight excluding hydrogens is 230 g/mol. The van der Waals surface area contributed by atoms with Gasteiger partial charge in [0.15, 0.2) is 0 Å². The van der Waals surface area contributed by atoms with Crippen LogP contribution < -0.4 is 5.32 Å². The molecule has 17 heavy (non-hydrogen) atoms. The Hall–Kier alpha value is -0.960. The van der Waals surface area contributed by atoms with Crippen LogP contribution in [0.15, 0.2) is 29.2 Å². The van der Waals surface area contributed by atoms with E-state index in [2.05, 4.69) is 19.2 Å². The van der Waals surface area contributed by atoms with Crippen LogP contribution in [0.3, 0.4) is 0 Å². The zero-order chi connectivity index (χ0) is 13.1. The molecule has 94 valence electrons. The van der Waals surface area contributed by atoms with Crippen molar-refractivity contribution in [1.29, 1.82) is 0 Å². The fraction of sp³-hybridized carbons (Fsp3) is 0.500. The number of hydrogen-bond donors (Lipinski definition) is 1. The van der Waals surface area contributed by atoms with Crippen LogP contribution >= 0.6 is 11.8 Å². The summed E-state index contributed by atoms with van der Waals surface area (Å²) in [6.07, 6.45) is 0. The van der Waals surface area contributed by atoms with E-state index in [9.17, 15) is 4.79 Å². The van der Waals surface area contributed by atoms with Crippen LogP contribution in [0.25, 0.3) is 0 Å². The van der Waals surface area contributed by atoms with Crippen molar-refractivity contribution < 1.29 is 4.79 Å². The summed E-state index contributed by atoms with van der Waals surface area (Å²) < 4.78 is 0. The summed E-state index contributed by atoms with van der Waals surface area (Å²) in [6.45, 7) is 10.2. The molecule has 0 saturated carbocycles. The van der Waals surface area contributed by atoms with E-state index in [-0.39, 0.29) is 11.4 Å². The van der Waals surface area contributed by atoms with Gasteiger partial charge in [-0.1, -0.05) is 26.0 Å². The van der Waals surface area contributed by atoms with Gasteiger partial charge < -0.3 is 5.32 Å². The molecule has 0 saturated heterocycles. The Balaban J connectivity index is 2.93. The smallest absolute Gasteiger partial charge is 0.252 e. The number of amides is 1. The second-order valence-electron chi connectivity index (χ2n) is 5.37. The molecule has 0 fully saturated rings. The van der Waals surface area contributed by atoms with Crippen molar-refractivity contribution in [2.75, 3.05) is 0 Å². The molecule has 1 rings (SSSR count). The number of nitrogens with one attached hydrogen (secondary N) is 1. The Bertz CT molecular complexity index is 393. The van der Waals surface area contributed by atoms with E-state index < -0.39 is 0 Å². The third kappa shape index (κ3) is 4.82. The minimum Gasteiger partial charge on any atom is -0.347 e. The number of carbonyl (C=O) groups excluding carboxylic acids is 1. The van der Waals surface area contributed by atoms with Gasteiger partial charge in [0, 0.05) is 15.7 Å². The van der Waals surface area contributed by atoms with Crippen LogP contribution in [-0.2, 0) is 0 Å². The van der Waals surface area contributed by atoms with Gasteiger partial charge in [-0.3, -0.25) is 4.79 Å². The van der Waals surface area contributed by atoms with Crippen LogP contribution in [0.5, 0.6) is 0 Å². The molecule has 1 amide bonds. The number of carbonyl (C=O) groups is 1. The van der Waals surface area contributed by atoms with Crippen molar-refractivity contribution in [3.63, 3.8) is 0 Å². The van der Waals surface area contributed by atoms with Gasteiger partial charge in [0.05, 0.1) is 5.56 Å². The van der Waals surface area contributed by atoms with Gasteiger partial charge in [0.25, 0.3) is 5.91 Å². The Labute approximate surface area is 108 Å². The maximum Gasteiger partial charge on any atom is 0.252 e. The largest absolute Gasteiger partial charge is 0.347 e. The Morgan fingerprint density at radius 2 is 1.82 bits per heavy atom. The number of benzene rings is 1. The van der Waals surface area contributed by atoms with Gasteiger partial charge >= 0.3 is 0 Å². The average Bonchev–Trinajstić information content (AvgIpc) is 2.14. The van der Waals surface area contributed by atoms with Crippen molar-refractivity contribution in [2.24, 2.45) is 0 Å². The van der Waals surface area contributed by atoms with Crippen molar-refractivity contribution >= 4 is 17.7 Å². The SMILES string of the molecule is CC(C)Sc1ccccc1C(=O)NC(C)(C)C. The van der Waals surface area contributed by atoms with Gasteiger partial charge in [0.1, 0.15) is 0 Å². The minimum atomic E-state index is -0.202. The molecule has 1 aromatic carbocycles. The maximum atomic E-state index is 12.1. The van der Waals surface area contributed by atoms with E-state index in [4.69, 9.17) is 0 Å². The van der Waals surface area contributed by atoms with Gasteiger partial charge in [-0.2, -0.15) is 0 Å². The van der Waals surface area contributed by atoms with Crippen LogP contribution in [0, 0.1) is 0 Å². The normalized spacial score (nSPS) is 11.6. The minimum absolute atomic E-state index is 0.00116. The predicted molar refractivity (Wildman–Crippen MR) is 74.7 cm³/mol. The molecule has 2 nitrogen and oxygen atoms in total. The van der Waals surface area contributed by atoms with E-state index in [1.165, 1.54) is 0 Å². The monoisotopic (exact) mass is 251 g/mol. The highest BCUT2D eigenvalue weighted by atomic mass is 32.2. The lowest BCUT2D eigenvalue weighted by Crippen LogP contribution is -2.40. The number of hydrogen-bond acceptors (Lipinski definition) is 2. The van der Waals surface area contributed by atoms with E-state index in [0.29, 0.717) is 5.25 Å². The van der Waals surface area contributed by atoms with Crippen LogP contribution in [0.1, 0.15) is 45.0 Å². The fourth-order valence-corrected chi connectivity index (χ4v) is 2.37. The molecule has 0 aliphatic rings. The van der Waals surface area contributed by atoms with Gasteiger partial charge in [-0.15, -0.1) is 11.8 Å². The zero-order valence-electron chi connectivity index (χ0n) is 11.2. The first-order valence-electron chi connectivity index (χ1n) is 5.88. The van der Waals surface area contributed by atoms with E-state index in [1.807, 2.05) is 45.0 Å². The summed E-state index contributed by atoms with van der Waals surface area (Å²) in [6, 6.07) is 7.76. The second-order valence-corrected chi connectivity index (χ2v) is 6.99. The summed E-state index contributed by atoms with van der Waals surface area (Å²) in [5.74, 6) is 0.00116. The van der Waals surface area contributed by atoms with Crippen molar-refractivity contribution in [2.45, 2.75) is 50.3 Å².